The summed E-state index contributed by atoms with van der Waals surface area (Å²) in [4.78, 5) is 32.4. The van der Waals surface area contributed by atoms with Crippen molar-refractivity contribution < 1.29 is 22.4 Å². The minimum Gasteiger partial charge on any atom is -0.329 e. The van der Waals surface area contributed by atoms with Crippen LogP contribution in [0.15, 0.2) is 47.5 Å². The summed E-state index contributed by atoms with van der Waals surface area (Å²) in [5.41, 5.74) is 0.708. The first kappa shape index (κ1) is 22.4. The molecule has 11 heteroatoms. The molecular weight excluding hydrogens is 476 g/mol. The monoisotopic (exact) mass is 492 g/mol. The van der Waals surface area contributed by atoms with E-state index < -0.39 is 23.7 Å². The maximum Gasteiger partial charge on any atom is 0.433 e. The average Bonchev–Trinajstić information content (AvgIpc) is 3.10. The molecule has 1 fully saturated rings. The average molecular weight is 493 g/mol. The Morgan fingerprint density at radius 1 is 1.21 bits per heavy atom. The molecule has 3 aromatic rings. The molecule has 0 aliphatic carbocycles. The summed E-state index contributed by atoms with van der Waals surface area (Å²) in [6, 6.07) is 4.91. The largest absolute Gasteiger partial charge is 0.433 e. The van der Waals surface area contributed by atoms with Crippen molar-refractivity contribution in [3.8, 4) is 11.1 Å². The Morgan fingerprint density at radius 2 is 2.00 bits per heavy atom. The lowest BCUT2D eigenvalue weighted by atomic mass is 9.95. The minimum atomic E-state index is -4.59. The van der Waals surface area contributed by atoms with E-state index in [2.05, 4.69) is 15.3 Å². The van der Waals surface area contributed by atoms with E-state index in [1.54, 1.807) is 17.2 Å². The molecule has 34 heavy (non-hydrogen) atoms. The number of halogens is 5. The lowest BCUT2D eigenvalue weighted by Gasteiger charge is -2.36. The van der Waals surface area contributed by atoms with Gasteiger partial charge in [0, 0.05) is 35.6 Å². The van der Waals surface area contributed by atoms with Crippen LogP contribution in [0.5, 0.6) is 0 Å². The number of hydrogen-bond acceptors (Lipinski definition) is 3. The molecule has 2 aliphatic rings. The Morgan fingerprint density at radius 3 is 2.71 bits per heavy atom. The first-order chi connectivity index (χ1) is 16.1. The zero-order chi connectivity index (χ0) is 24.2. The standard InChI is InChI=1S/C23H17ClF4N4O2/c24-16-8-18(17(25)7-14(16)11-1-4-20(29-9-11)23(26,27)28)31-22(34)32-13-2-3-19(32)15-10-30-21(33)6-12(15)5-13/h1,4,6-10,13,19H,2-3,5H2,(H,30,33)(H,31,34)/t13-,19+/m0/s1. The first-order valence-corrected chi connectivity index (χ1v) is 10.8. The van der Waals surface area contributed by atoms with Crippen LogP contribution in [0.1, 0.15) is 35.7 Å². The van der Waals surface area contributed by atoms with Crippen molar-refractivity contribution in [3.63, 3.8) is 0 Å². The van der Waals surface area contributed by atoms with Crippen LogP contribution in [0.2, 0.25) is 5.02 Å². The number of aromatic nitrogens is 2. The second-order valence-corrected chi connectivity index (χ2v) is 8.72. The summed E-state index contributed by atoms with van der Waals surface area (Å²) < 4.78 is 53.1. The van der Waals surface area contributed by atoms with Crippen molar-refractivity contribution in [1.29, 1.82) is 0 Å². The highest BCUT2D eigenvalue weighted by Crippen LogP contribution is 2.43. The van der Waals surface area contributed by atoms with Crippen LogP contribution in [-0.4, -0.2) is 26.9 Å². The highest BCUT2D eigenvalue weighted by atomic mass is 35.5. The van der Waals surface area contributed by atoms with Crippen LogP contribution in [0.3, 0.4) is 0 Å². The van der Waals surface area contributed by atoms with E-state index in [-0.39, 0.29) is 39.5 Å². The van der Waals surface area contributed by atoms with Crippen molar-refractivity contribution in [1.82, 2.24) is 14.9 Å². The summed E-state index contributed by atoms with van der Waals surface area (Å²) in [6.07, 6.45) is 0.00534. The van der Waals surface area contributed by atoms with Gasteiger partial charge in [-0.15, -0.1) is 0 Å². The number of nitrogens with one attached hydrogen (secondary N) is 2. The number of amides is 2. The van der Waals surface area contributed by atoms with Crippen LogP contribution in [-0.2, 0) is 12.6 Å². The van der Waals surface area contributed by atoms with Gasteiger partial charge in [0.15, 0.2) is 0 Å². The molecule has 176 valence electrons. The second-order valence-electron chi connectivity index (χ2n) is 8.31. The number of rotatable bonds is 2. The predicted octanol–water partition coefficient (Wildman–Crippen LogP) is 5.54. The van der Waals surface area contributed by atoms with E-state index in [0.29, 0.717) is 6.42 Å². The molecule has 2 amide bonds. The number of alkyl halides is 3. The van der Waals surface area contributed by atoms with Crippen molar-refractivity contribution >= 4 is 23.3 Å². The first-order valence-electron chi connectivity index (χ1n) is 10.5. The van der Waals surface area contributed by atoms with Gasteiger partial charge in [0.2, 0.25) is 5.56 Å². The van der Waals surface area contributed by atoms with Crippen LogP contribution in [0.4, 0.5) is 28.0 Å². The molecule has 2 aromatic heterocycles. The smallest absolute Gasteiger partial charge is 0.329 e. The fraction of sp³-hybridized carbons (Fsp3) is 0.261. The highest BCUT2D eigenvalue weighted by Gasteiger charge is 2.43. The van der Waals surface area contributed by atoms with E-state index in [9.17, 15) is 27.2 Å². The molecule has 1 saturated heterocycles. The van der Waals surface area contributed by atoms with Crippen molar-refractivity contribution in [2.75, 3.05) is 5.32 Å². The summed E-state index contributed by atoms with van der Waals surface area (Å²) in [6.45, 7) is 0. The summed E-state index contributed by atoms with van der Waals surface area (Å²) in [5, 5.41) is 2.61. The van der Waals surface area contributed by atoms with E-state index in [4.69, 9.17) is 11.6 Å². The number of fused-ring (bicyclic) bond motifs is 4. The maximum atomic E-state index is 14.9. The summed E-state index contributed by atoms with van der Waals surface area (Å²) in [7, 11) is 0. The molecule has 5 rings (SSSR count). The number of pyridine rings is 2. The number of anilines is 1. The highest BCUT2D eigenvalue weighted by molar-refractivity contribution is 6.33. The zero-order valence-electron chi connectivity index (χ0n) is 17.4. The maximum absolute atomic E-state index is 14.9. The van der Waals surface area contributed by atoms with Gasteiger partial charge in [-0.25, -0.2) is 9.18 Å². The molecule has 4 heterocycles. The molecule has 2 atom stereocenters. The number of nitrogens with zero attached hydrogens (tertiary/aromatic N) is 2. The molecule has 6 nitrogen and oxygen atoms in total. The Hall–Kier alpha value is -3.40. The molecule has 0 spiro atoms. The number of carbonyl (C=O) groups is 1. The van der Waals surface area contributed by atoms with Gasteiger partial charge in [-0.2, -0.15) is 13.2 Å². The molecule has 2 aliphatic heterocycles. The summed E-state index contributed by atoms with van der Waals surface area (Å²) in [5.74, 6) is -0.790. The van der Waals surface area contributed by atoms with Gasteiger partial charge in [-0.3, -0.25) is 9.78 Å². The van der Waals surface area contributed by atoms with E-state index >= 15 is 0 Å². The zero-order valence-corrected chi connectivity index (χ0v) is 18.2. The van der Waals surface area contributed by atoms with Gasteiger partial charge in [0.1, 0.15) is 11.5 Å². The number of H-pyrrole nitrogens is 1. The molecule has 0 saturated carbocycles. The Labute approximate surface area is 195 Å². The number of benzene rings is 1. The normalized spacial score (nSPS) is 19.1. The van der Waals surface area contributed by atoms with E-state index in [1.807, 2.05) is 0 Å². The fourth-order valence-corrected chi connectivity index (χ4v) is 5.00. The lowest BCUT2D eigenvalue weighted by Crippen LogP contribution is -2.44. The van der Waals surface area contributed by atoms with Crippen LogP contribution < -0.4 is 10.9 Å². The predicted molar refractivity (Wildman–Crippen MR) is 117 cm³/mol. The molecule has 2 N–H and O–H groups in total. The molecule has 0 radical (unpaired) electrons. The molecule has 2 bridgehead atoms. The number of aromatic amines is 1. The molecule has 1 aromatic carbocycles. The van der Waals surface area contributed by atoms with E-state index in [0.717, 1.165) is 48.4 Å². The van der Waals surface area contributed by atoms with Crippen molar-refractivity contribution in [2.24, 2.45) is 0 Å². The van der Waals surface area contributed by atoms with Crippen LogP contribution >= 0.6 is 11.6 Å². The third kappa shape index (κ3) is 3.91. The molecule has 0 unspecified atom stereocenters. The number of carbonyl (C=O) groups excluding carboxylic acids is 1. The number of hydrogen-bond donors (Lipinski definition) is 2. The third-order valence-corrected chi connectivity index (χ3v) is 6.57. The van der Waals surface area contributed by atoms with Gasteiger partial charge < -0.3 is 15.2 Å². The minimum absolute atomic E-state index is 0.0443. The topological polar surface area (TPSA) is 78.1 Å². The van der Waals surface area contributed by atoms with Crippen molar-refractivity contribution in [3.05, 3.63) is 80.7 Å². The van der Waals surface area contributed by atoms with Gasteiger partial charge in [-0.05, 0) is 48.6 Å². The lowest BCUT2D eigenvalue weighted by molar-refractivity contribution is -0.141. The second kappa shape index (κ2) is 8.12. The van der Waals surface area contributed by atoms with Gasteiger partial charge in [0.05, 0.1) is 16.8 Å². The Balaban J connectivity index is 1.38. The fourth-order valence-electron chi connectivity index (χ4n) is 4.73. The SMILES string of the molecule is O=C(Nc1cc(Cl)c(-c2ccc(C(F)(F)F)nc2)cc1F)N1[C@H]2CC[C@@H]1c1c[nH]c(=O)cc1C2. The van der Waals surface area contributed by atoms with Gasteiger partial charge in [-0.1, -0.05) is 17.7 Å². The summed E-state index contributed by atoms with van der Waals surface area (Å²) >= 11 is 6.27. The van der Waals surface area contributed by atoms with Crippen LogP contribution in [0.25, 0.3) is 11.1 Å². The quantitative estimate of drug-likeness (QED) is 0.461. The van der Waals surface area contributed by atoms with E-state index in [1.165, 1.54) is 6.07 Å². The Kier molecular flexibility index (Phi) is 5.35. The van der Waals surface area contributed by atoms with Gasteiger partial charge in [0.25, 0.3) is 0 Å². The molecular formula is C23H17ClF4N4O2. The van der Waals surface area contributed by atoms with Gasteiger partial charge >= 0.3 is 12.2 Å². The van der Waals surface area contributed by atoms with Crippen LogP contribution in [0, 0.1) is 5.82 Å². The van der Waals surface area contributed by atoms with Crippen molar-refractivity contribution in [2.45, 2.75) is 37.5 Å². The Bertz CT molecular complexity index is 1340. The number of urea groups is 1. The third-order valence-electron chi connectivity index (χ3n) is 6.26.